The van der Waals surface area contributed by atoms with Crippen molar-refractivity contribution in [3.05, 3.63) is 60.7 Å². The number of nitrogens with one attached hydrogen (secondary N) is 4. The Bertz CT molecular complexity index is 1050. The third kappa shape index (κ3) is 4.82. The molecule has 1 saturated heterocycles. The van der Waals surface area contributed by atoms with Crippen LogP contribution in [0.4, 0.5) is 11.4 Å². The van der Waals surface area contributed by atoms with Crippen LogP contribution in [0.25, 0.3) is 0 Å². The van der Waals surface area contributed by atoms with Gasteiger partial charge in [-0.1, -0.05) is 36.4 Å². The highest BCUT2D eigenvalue weighted by molar-refractivity contribution is 7.97. The van der Waals surface area contributed by atoms with Crippen molar-refractivity contribution < 1.29 is 0 Å². The van der Waals surface area contributed by atoms with Gasteiger partial charge in [-0.25, -0.2) is 4.67 Å². The normalized spacial score (nSPS) is 30.1. The third-order valence-electron chi connectivity index (χ3n) is 5.33. The lowest BCUT2D eigenvalue weighted by Gasteiger charge is -2.42. The van der Waals surface area contributed by atoms with E-state index in [4.69, 9.17) is 24.8 Å². The number of hydrogen-bond acceptors (Lipinski definition) is 8. The standard InChI is InChI=1S/C19H28ClN8P3/c20-29-21-14-7-8-16-28-17-9-15-22-31(28,26-29)27-30(25-29,23-18-10-3-1-4-11-18)24-19-12-5-2-6-13-19/h1-6,10-13,21-24H,7-9,14-17H2. The summed E-state index contributed by atoms with van der Waals surface area (Å²) in [4.78, 5) is 0. The van der Waals surface area contributed by atoms with Crippen LogP contribution in [0.1, 0.15) is 19.3 Å². The zero-order chi connectivity index (χ0) is 21.2. The molecular weight excluding hydrogens is 469 g/mol. The second-order valence-corrected chi connectivity index (χ2v) is 16.3. The highest BCUT2D eigenvalue weighted by atomic mass is 35.7. The molecule has 2 atom stereocenters. The maximum absolute atomic E-state index is 7.20. The highest BCUT2D eigenvalue weighted by Gasteiger charge is 2.41. The summed E-state index contributed by atoms with van der Waals surface area (Å²) in [5, 5.41) is 14.6. The van der Waals surface area contributed by atoms with Crippen LogP contribution in [0.5, 0.6) is 0 Å². The molecule has 3 aliphatic heterocycles. The molecular formula is C19H28ClN8P3. The molecule has 0 aliphatic carbocycles. The summed E-state index contributed by atoms with van der Waals surface area (Å²) in [5.74, 6) is 0. The van der Waals surface area contributed by atoms with E-state index in [1.165, 1.54) is 0 Å². The van der Waals surface area contributed by atoms with Crippen LogP contribution in [0.2, 0.25) is 0 Å². The maximum atomic E-state index is 7.20. The zero-order valence-corrected chi connectivity index (χ0v) is 20.7. The van der Waals surface area contributed by atoms with Gasteiger partial charge in [0.2, 0.25) is 14.2 Å². The van der Waals surface area contributed by atoms with Crippen LogP contribution in [-0.4, -0.2) is 30.8 Å². The minimum atomic E-state index is -2.69. The lowest BCUT2D eigenvalue weighted by Crippen LogP contribution is -2.36. The lowest BCUT2D eigenvalue weighted by molar-refractivity contribution is 0.400. The van der Waals surface area contributed by atoms with Crippen LogP contribution in [0.15, 0.2) is 74.2 Å². The molecule has 5 rings (SSSR count). The molecule has 2 aromatic carbocycles. The Morgan fingerprint density at radius 1 is 0.742 bits per heavy atom. The predicted octanol–water partition coefficient (Wildman–Crippen LogP) is 6.98. The average Bonchev–Trinajstić information content (AvgIpc) is 2.80. The van der Waals surface area contributed by atoms with E-state index in [9.17, 15) is 0 Å². The van der Waals surface area contributed by atoms with Crippen LogP contribution in [0.3, 0.4) is 0 Å². The quantitative estimate of drug-likeness (QED) is 0.343. The molecule has 31 heavy (non-hydrogen) atoms. The van der Waals surface area contributed by atoms with Gasteiger partial charge in [-0.3, -0.25) is 10.2 Å². The number of halogens is 1. The highest BCUT2D eigenvalue weighted by Crippen LogP contribution is 2.78. The fourth-order valence-corrected chi connectivity index (χ4v) is 17.1. The van der Waals surface area contributed by atoms with Gasteiger partial charge in [0.25, 0.3) is 7.51 Å². The van der Waals surface area contributed by atoms with Crippen molar-refractivity contribution >= 4 is 44.3 Å². The Hall–Kier alpha value is -1.10. The Kier molecular flexibility index (Phi) is 6.33. The second kappa shape index (κ2) is 9.03. The number of para-hydroxylation sites is 2. The molecule has 0 amide bonds. The first-order valence-corrected chi connectivity index (χ1v) is 16.6. The number of rotatable bonds is 4. The molecule has 1 fully saturated rings. The number of anilines is 2. The van der Waals surface area contributed by atoms with E-state index in [0.717, 1.165) is 56.8 Å². The molecule has 4 N–H and O–H groups in total. The molecule has 2 aromatic rings. The van der Waals surface area contributed by atoms with Crippen molar-refractivity contribution in [3.8, 4) is 0 Å². The fourth-order valence-electron chi connectivity index (χ4n) is 3.94. The van der Waals surface area contributed by atoms with E-state index < -0.39 is 21.7 Å². The summed E-state index contributed by atoms with van der Waals surface area (Å²) >= 11 is 7.20. The minimum Gasteiger partial charge on any atom is -0.319 e. The maximum Gasteiger partial charge on any atom is 0.266 e. The summed E-state index contributed by atoms with van der Waals surface area (Å²) in [6, 6.07) is 20.3. The molecule has 8 nitrogen and oxygen atoms in total. The van der Waals surface area contributed by atoms with Gasteiger partial charge in [0.1, 0.15) is 0 Å². The van der Waals surface area contributed by atoms with Gasteiger partial charge in [-0.05, 0) is 54.8 Å². The first kappa shape index (κ1) is 21.7. The van der Waals surface area contributed by atoms with Gasteiger partial charge in [-0.2, -0.15) is 13.5 Å². The van der Waals surface area contributed by atoms with Crippen molar-refractivity contribution in [1.82, 2.24) is 14.8 Å². The van der Waals surface area contributed by atoms with Gasteiger partial charge in [-0.15, -0.1) is 0 Å². The van der Waals surface area contributed by atoms with E-state index in [2.05, 4.69) is 25.0 Å². The molecule has 3 heterocycles. The first-order valence-electron chi connectivity index (χ1n) is 10.6. The van der Waals surface area contributed by atoms with Crippen molar-refractivity contribution in [2.75, 3.05) is 36.4 Å². The van der Waals surface area contributed by atoms with Crippen LogP contribution < -0.4 is 20.3 Å². The van der Waals surface area contributed by atoms with E-state index in [0.29, 0.717) is 0 Å². The van der Waals surface area contributed by atoms with Crippen molar-refractivity contribution in [2.45, 2.75) is 19.3 Å². The molecule has 0 aromatic heterocycles. The predicted molar refractivity (Wildman–Crippen MR) is 135 cm³/mol. The average molecular weight is 497 g/mol. The fraction of sp³-hybridized carbons (Fsp3) is 0.368. The Labute approximate surface area is 188 Å². The smallest absolute Gasteiger partial charge is 0.266 e. The van der Waals surface area contributed by atoms with E-state index in [1.807, 2.05) is 60.7 Å². The molecule has 0 radical (unpaired) electrons. The monoisotopic (exact) mass is 496 g/mol. The topological polar surface area (TPSA) is 88.4 Å². The summed E-state index contributed by atoms with van der Waals surface area (Å²) in [7, 11) is -5.07. The Morgan fingerprint density at radius 2 is 1.35 bits per heavy atom. The van der Waals surface area contributed by atoms with Crippen molar-refractivity contribution in [2.24, 2.45) is 13.5 Å². The summed E-state index contributed by atoms with van der Waals surface area (Å²) in [5.41, 5.74) is 1.93. The molecule has 0 saturated carbocycles. The molecule has 12 heteroatoms. The summed E-state index contributed by atoms with van der Waals surface area (Å²) < 4.78 is 18.2. The van der Waals surface area contributed by atoms with Gasteiger partial charge in [0.05, 0.1) is 0 Å². The van der Waals surface area contributed by atoms with E-state index in [-0.39, 0.29) is 0 Å². The van der Waals surface area contributed by atoms with E-state index >= 15 is 0 Å². The van der Waals surface area contributed by atoms with Gasteiger partial charge < -0.3 is 10.2 Å². The van der Waals surface area contributed by atoms with Gasteiger partial charge in [0.15, 0.2) is 0 Å². The number of fused-ring (bicyclic) bond motifs is 1. The van der Waals surface area contributed by atoms with Gasteiger partial charge in [0, 0.05) is 37.6 Å². The Balaban J connectivity index is 1.72. The van der Waals surface area contributed by atoms with E-state index in [1.54, 1.807) is 0 Å². The number of hydrogen-bond donors (Lipinski definition) is 4. The molecule has 1 spiro atoms. The van der Waals surface area contributed by atoms with Crippen LogP contribution in [0, 0.1) is 0 Å². The molecule has 166 valence electrons. The molecule has 2 unspecified atom stereocenters. The summed E-state index contributed by atoms with van der Waals surface area (Å²) in [6.07, 6.45) is 3.25. The van der Waals surface area contributed by atoms with Crippen LogP contribution in [-0.2, 0) is 0 Å². The Morgan fingerprint density at radius 3 is 2.03 bits per heavy atom. The summed E-state index contributed by atoms with van der Waals surface area (Å²) in [6.45, 7) is 1.01. The SMILES string of the molecule is ClP12=NP(Nc3ccccc3)(Nc3ccccc3)=NP3(=N1)NCCCN3CCCCN2. The lowest BCUT2D eigenvalue weighted by atomic mass is 10.3. The van der Waals surface area contributed by atoms with Crippen molar-refractivity contribution in [3.63, 3.8) is 0 Å². The third-order valence-corrected chi connectivity index (χ3v) is 16.5. The largest absolute Gasteiger partial charge is 0.319 e. The zero-order valence-electron chi connectivity index (χ0n) is 17.2. The molecule has 2 bridgehead atoms. The van der Waals surface area contributed by atoms with Gasteiger partial charge >= 0.3 is 0 Å². The molecule has 3 aliphatic rings. The number of benzene rings is 2. The van der Waals surface area contributed by atoms with Crippen molar-refractivity contribution in [1.29, 1.82) is 0 Å². The minimum absolute atomic E-state index is 0.814. The second-order valence-electron chi connectivity index (χ2n) is 7.75. The first-order chi connectivity index (χ1) is 15.1. The van der Waals surface area contributed by atoms with Crippen LogP contribution >= 0.6 is 33.0 Å². The number of nitrogens with zero attached hydrogens (tertiary/aromatic N) is 4.